The van der Waals surface area contributed by atoms with E-state index in [1.54, 1.807) is 18.2 Å². The lowest BCUT2D eigenvalue weighted by Gasteiger charge is -2.06. The second-order valence-electron chi connectivity index (χ2n) is 2.77. The standard InChI is InChI=1S/C11H12O4/c1-2-11(13)15-14-10-6-4-3-5-9(10)7-8-12/h2-6,12H,1,7-8H2. The van der Waals surface area contributed by atoms with Crippen molar-refractivity contribution in [2.45, 2.75) is 6.42 Å². The zero-order valence-corrected chi connectivity index (χ0v) is 8.18. The van der Waals surface area contributed by atoms with Gasteiger partial charge in [0.25, 0.3) is 0 Å². The van der Waals surface area contributed by atoms with Crippen molar-refractivity contribution in [3.05, 3.63) is 42.5 Å². The molecule has 0 bridgehead atoms. The minimum Gasteiger partial charge on any atom is -0.396 e. The third-order valence-electron chi connectivity index (χ3n) is 1.73. The van der Waals surface area contributed by atoms with E-state index in [4.69, 9.17) is 9.99 Å². The van der Waals surface area contributed by atoms with E-state index >= 15 is 0 Å². The largest absolute Gasteiger partial charge is 0.396 e. The Morgan fingerprint density at radius 1 is 1.47 bits per heavy atom. The average Bonchev–Trinajstić information content (AvgIpc) is 2.28. The van der Waals surface area contributed by atoms with Crippen LogP contribution in [0.1, 0.15) is 5.56 Å². The van der Waals surface area contributed by atoms with Crippen LogP contribution in [0.5, 0.6) is 5.75 Å². The third kappa shape index (κ3) is 3.44. The molecular formula is C11H12O4. The van der Waals surface area contributed by atoms with Crippen LogP contribution in [0.25, 0.3) is 0 Å². The van der Waals surface area contributed by atoms with Gasteiger partial charge in [-0.15, -0.1) is 0 Å². The summed E-state index contributed by atoms with van der Waals surface area (Å²) in [4.78, 5) is 20.0. The van der Waals surface area contributed by atoms with Crippen LogP contribution in [0.3, 0.4) is 0 Å². The number of rotatable bonds is 5. The lowest BCUT2D eigenvalue weighted by molar-refractivity contribution is -0.207. The van der Waals surface area contributed by atoms with Gasteiger partial charge in [-0.3, -0.25) is 4.89 Å². The fourth-order valence-electron chi connectivity index (χ4n) is 1.03. The number of aliphatic hydroxyl groups is 1. The maximum atomic E-state index is 10.7. The normalized spacial score (nSPS) is 9.40. The van der Waals surface area contributed by atoms with Gasteiger partial charge in [0, 0.05) is 18.2 Å². The Morgan fingerprint density at radius 3 is 2.87 bits per heavy atom. The van der Waals surface area contributed by atoms with Crippen LogP contribution in [0, 0.1) is 0 Å². The first-order valence-electron chi connectivity index (χ1n) is 4.47. The van der Waals surface area contributed by atoms with Crippen molar-refractivity contribution in [1.29, 1.82) is 0 Å². The van der Waals surface area contributed by atoms with Crippen LogP contribution in [-0.2, 0) is 16.1 Å². The molecule has 4 nitrogen and oxygen atoms in total. The Kier molecular flexibility index (Phi) is 4.37. The van der Waals surface area contributed by atoms with Crippen LogP contribution in [0.15, 0.2) is 36.9 Å². The highest BCUT2D eigenvalue weighted by molar-refractivity contribution is 5.80. The molecule has 0 aliphatic carbocycles. The molecule has 0 saturated carbocycles. The highest BCUT2D eigenvalue weighted by Gasteiger charge is 2.05. The van der Waals surface area contributed by atoms with Crippen molar-refractivity contribution in [1.82, 2.24) is 0 Å². The van der Waals surface area contributed by atoms with Crippen molar-refractivity contribution in [3.8, 4) is 5.75 Å². The summed E-state index contributed by atoms with van der Waals surface area (Å²) < 4.78 is 0. The van der Waals surface area contributed by atoms with E-state index in [0.717, 1.165) is 11.6 Å². The molecule has 0 heterocycles. The Labute approximate surface area is 87.7 Å². The molecule has 0 aliphatic rings. The Bertz CT molecular complexity index is 346. The van der Waals surface area contributed by atoms with Gasteiger partial charge in [0.1, 0.15) is 0 Å². The molecule has 1 N–H and O–H groups in total. The Hall–Kier alpha value is -1.81. The summed E-state index contributed by atoms with van der Waals surface area (Å²) in [6.45, 7) is 3.25. The first-order valence-corrected chi connectivity index (χ1v) is 4.47. The van der Waals surface area contributed by atoms with Crippen LogP contribution >= 0.6 is 0 Å². The van der Waals surface area contributed by atoms with Crippen molar-refractivity contribution < 1.29 is 19.7 Å². The maximum absolute atomic E-state index is 10.7. The van der Waals surface area contributed by atoms with E-state index < -0.39 is 5.97 Å². The van der Waals surface area contributed by atoms with E-state index in [2.05, 4.69) is 11.5 Å². The minimum atomic E-state index is -0.659. The summed E-state index contributed by atoms with van der Waals surface area (Å²) in [5.74, 6) is -0.240. The van der Waals surface area contributed by atoms with Gasteiger partial charge >= 0.3 is 5.97 Å². The van der Waals surface area contributed by atoms with E-state index in [0.29, 0.717) is 12.2 Å². The first-order chi connectivity index (χ1) is 7.27. The van der Waals surface area contributed by atoms with Gasteiger partial charge in [-0.25, -0.2) is 9.68 Å². The zero-order valence-electron chi connectivity index (χ0n) is 8.18. The van der Waals surface area contributed by atoms with Crippen LogP contribution in [-0.4, -0.2) is 17.7 Å². The van der Waals surface area contributed by atoms with Crippen molar-refractivity contribution in [2.24, 2.45) is 0 Å². The van der Waals surface area contributed by atoms with Crippen LogP contribution in [0.4, 0.5) is 0 Å². The number of hydrogen-bond donors (Lipinski definition) is 1. The summed E-state index contributed by atoms with van der Waals surface area (Å²) in [7, 11) is 0. The van der Waals surface area contributed by atoms with E-state index in [-0.39, 0.29) is 6.61 Å². The summed E-state index contributed by atoms with van der Waals surface area (Å²) >= 11 is 0. The SMILES string of the molecule is C=CC(=O)OOc1ccccc1CCO. The summed E-state index contributed by atoms with van der Waals surface area (Å²) in [6, 6.07) is 7.00. The van der Waals surface area contributed by atoms with Crippen molar-refractivity contribution in [2.75, 3.05) is 6.61 Å². The summed E-state index contributed by atoms with van der Waals surface area (Å²) in [5.41, 5.74) is 0.775. The molecule has 15 heavy (non-hydrogen) atoms. The number of hydrogen-bond acceptors (Lipinski definition) is 4. The van der Waals surface area contributed by atoms with Gasteiger partial charge in [0.2, 0.25) is 0 Å². The van der Waals surface area contributed by atoms with E-state index in [1.807, 2.05) is 6.07 Å². The summed E-state index contributed by atoms with van der Waals surface area (Å²) in [6.07, 6.45) is 1.45. The lowest BCUT2D eigenvalue weighted by Crippen LogP contribution is -2.06. The molecule has 0 atom stereocenters. The monoisotopic (exact) mass is 208 g/mol. The molecule has 0 saturated heterocycles. The Balaban J connectivity index is 2.66. The molecule has 80 valence electrons. The molecule has 0 unspecified atom stereocenters. The third-order valence-corrected chi connectivity index (χ3v) is 1.73. The zero-order chi connectivity index (χ0) is 11.1. The molecule has 0 fully saturated rings. The van der Waals surface area contributed by atoms with E-state index in [1.165, 1.54) is 0 Å². The molecular weight excluding hydrogens is 196 g/mol. The second kappa shape index (κ2) is 5.82. The molecule has 4 heteroatoms. The fraction of sp³-hybridized carbons (Fsp3) is 0.182. The van der Waals surface area contributed by atoms with Gasteiger partial charge in [0.05, 0.1) is 0 Å². The number of carbonyl (C=O) groups is 1. The topological polar surface area (TPSA) is 55.8 Å². The molecule has 0 spiro atoms. The number of benzene rings is 1. The molecule has 0 aromatic heterocycles. The molecule has 1 rings (SSSR count). The highest BCUT2D eigenvalue weighted by atomic mass is 17.2. The van der Waals surface area contributed by atoms with Gasteiger partial charge in [-0.05, 0) is 12.5 Å². The van der Waals surface area contributed by atoms with Crippen LogP contribution in [0.2, 0.25) is 0 Å². The first kappa shape index (κ1) is 11.3. The number of para-hydroxylation sites is 1. The lowest BCUT2D eigenvalue weighted by atomic mass is 10.1. The summed E-state index contributed by atoms with van der Waals surface area (Å²) in [5, 5.41) is 8.79. The van der Waals surface area contributed by atoms with Gasteiger partial charge in [-0.1, -0.05) is 24.8 Å². The highest BCUT2D eigenvalue weighted by Crippen LogP contribution is 2.18. The van der Waals surface area contributed by atoms with Gasteiger partial charge in [-0.2, -0.15) is 0 Å². The van der Waals surface area contributed by atoms with Crippen LogP contribution < -0.4 is 4.89 Å². The molecule has 0 amide bonds. The van der Waals surface area contributed by atoms with E-state index in [9.17, 15) is 4.79 Å². The minimum absolute atomic E-state index is 0.00970. The predicted molar refractivity (Wildman–Crippen MR) is 54.1 cm³/mol. The Morgan fingerprint density at radius 2 is 2.20 bits per heavy atom. The fourth-order valence-corrected chi connectivity index (χ4v) is 1.03. The van der Waals surface area contributed by atoms with Gasteiger partial charge < -0.3 is 5.11 Å². The van der Waals surface area contributed by atoms with Gasteiger partial charge in [0.15, 0.2) is 5.75 Å². The predicted octanol–water partition coefficient (Wildman–Crippen LogP) is 1.24. The molecule has 0 radical (unpaired) electrons. The number of carbonyl (C=O) groups excluding carboxylic acids is 1. The molecule has 1 aromatic carbocycles. The molecule has 1 aromatic rings. The van der Waals surface area contributed by atoms with Crippen molar-refractivity contribution in [3.63, 3.8) is 0 Å². The second-order valence-corrected chi connectivity index (χ2v) is 2.77. The average molecular weight is 208 g/mol. The molecule has 0 aliphatic heterocycles. The quantitative estimate of drug-likeness (QED) is 0.449. The maximum Gasteiger partial charge on any atom is 0.378 e. The number of aliphatic hydroxyl groups excluding tert-OH is 1. The van der Waals surface area contributed by atoms with Crippen molar-refractivity contribution >= 4 is 5.97 Å². The smallest absolute Gasteiger partial charge is 0.378 e.